The second kappa shape index (κ2) is 38.0. The molecule has 12 amide bonds. The van der Waals surface area contributed by atoms with Gasteiger partial charge in [-0.3, -0.25) is 48.6 Å². The molecule has 678 valence electrons. The molecule has 4 aromatic carbocycles. The molecular weight excluding hydrogens is 1650 g/mol. The normalized spacial score (nSPS) is 28.5. The molecule has 15 atom stereocenters. The van der Waals surface area contributed by atoms with E-state index in [1.807, 2.05) is 6.92 Å². The number of allylic oxidation sites excluding steroid dienone is 3. The third-order valence-corrected chi connectivity index (χ3v) is 24.3. The molecular formula is C88H114ClN11O25. The molecule has 14 rings (SSSR count). The maximum atomic E-state index is 16.6. The second-order valence-corrected chi connectivity index (χ2v) is 37.1. The number of aryl methyl sites for hydroxylation is 1. The lowest BCUT2D eigenvalue weighted by molar-refractivity contribution is -0.270. The van der Waals surface area contributed by atoms with Crippen LogP contribution >= 0.6 is 11.6 Å². The monoisotopic (exact) mass is 1760 g/mol. The van der Waals surface area contributed by atoms with Gasteiger partial charge >= 0.3 is 18.2 Å². The molecule has 125 heavy (non-hydrogen) atoms. The molecule has 37 heteroatoms. The van der Waals surface area contributed by atoms with E-state index in [1.54, 1.807) is 55.4 Å². The molecule has 5 fully saturated rings. The zero-order chi connectivity index (χ0) is 90.9. The number of phenols is 3. The molecule has 5 aliphatic carbocycles. The van der Waals surface area contributed by atoms with Crippen LogP contribution in [0.3, 0.4) is 0 Å². The molecule has 0 aromatic heterocycles. The number of hydrogen-bond donors (Lipinski definition) is 18. The number of amides is 12. The highest BCUT2D eigenvalue weighted by Gasteiger charge is 2.53. The summed E-state index contributed by atoms with van der Waals surface area (Å²) in [5.41, 5.74) is -4.27. The predicted octanol–water partition coefficient (Wildman–Crippen LogP) is 5.95. The van der Waals surface area contributed by atoms with Gasteiger partial charge in [0.2, 0.25) is 59.3 Å². The minimum absolute atomic E-state index is 0.0447. The van der Waals surface area contributed by atoms with Crippen molar-refractivity contribution in [2.24, 2.45) is 29.6 Å². The molecule has 36 nitrogen and oxygen atoms in total. The number of alkyl carbamates (subject to hydrolysis) is 1. The molecule has 4 aromatic rings. The summed E-state index contributed by atoms with van der Waals surface area (Å²) < 4.78 is 37.6. The maximum absolute atomic E-state index is 16.6. The molecule has 0 radical (unpaired) electrons. The number of aliphatic hydroxyl groups is 5. The van der Waals surface area contributed by atoms with Crippen LogP contribution < -0.4 is 67.4 Å². The minimum atomic E-state index is -2.40. The number of carbonyl (C=O) groups excluding carboxylic acids is 11. The summed E-state index contributed by atoms with van der Waals surface area (Å²) in [5, 5.41) is 123. The van der Waals surface area contributed by atoms with Gasteiger partial charge in [-0.1, -0.05) is 64.7 Å². The summed E-state index contributed by atoms with van der Waals surface area (Å²) in [6, 6.07) is -4.94. The van der Waals surface area contributed by atoms with Crippen LogP contribution in [0.4, 0.5) is 14.4 Å². The van der Waals surface area contributed by atoms with Gasteiger partial charge in [-0.05, 0) is 212 Å². The first-order chi connectivity index (χ1) is 58.8. The Labute approximate surface area is 727 Å². The zero-order valence-electron chi connectivity index (χ0n) is 71.7. The number of phenolic OH excluding ortho intramolecular Hbond substituents is 3. The third-order valence-electron chi connectivity index (χ3n) is 23.9. The van der Waals surface area contributed by atoms with Crippen LogP contribution in [-0.4, -0.2) is 214 Å². The van der Waals surface area contributed by atoms with Crippen LogP contribution in [0.1, 0.15) is 198 Å². The number of alkyl halides is 1. The van der Waals surface area contributed by atoms with E-state index < -0.39 is 226 Å². The lowest BCUT2D eigenvalue weighted by atomic mass is 9.54. The molecule has 1 unspecified atom stereocenters. The number of nitrogens with one attached hydrogen (secondary N) is 10. The number of imide groups is 1. The number of aliphatic hydroxyl groups excluding tert-OH is 5. The molecule has 5 aliphatic heterocycles. The Kier molecular flexibility index (Phi) is 28.3. The van der Waals surface area contributed by atoms with E-state index in [-0.39, 0.29) is 81.2 Å². The fraction of sp³-hybridized carbons (Fsp3) is 0.557. The number of halogens is 1. The summed E-state index contributed by atoms with van der Waals surface area (Å²) in [6.07, 6.45) is -7.05. The predicted molar refractivity (Wildman–Crippen MR) is 448 cm³/mol. The van der Waals surface area contributed by atoms with E-state index in [0.717, 1.165) is 98.7 Å². The standard InChI is InChI=1S/C88H114ClN11O25/c1-13-14-15-16-17-24-90-83(117)93-61(104)37-52-75(110)95-65-47-33-57(120-56-22-19-44(26-40(56)4)69(105)67(80(115)92-52)98-76(111)53(25-39(2)3)100(12)85(119)125-87(8,9)10)74(123-82-73(109)72(108)71(107)59(122-82)38-91-84(118)124-86(5,6)7)58(34-47)121-60-23-20-51(88(60,11)89)70(106)68-81(116)97-66(79(114)94-63-45-28-41-27-42(30-45)31-46(63)29-41)50-35-48(101)36-55(103)62(50)49-32-43(18-21-54(49)102)64(77(112)99-68)96-78(65)113/h18-23,26,32-36,39,41-42,45-46,52-53,59,63-73,82,101-103,105-109H,13-17,24-25,27-31,37-38H2,1-12H3,(H,91,118)(H,92,115)(H,94,114)(H,95,110)(H,96,113)(H,97,116)(H,98,111)(H,99,112)(H2,90,93,104,117)/t41?,42?,45?,46?,52-,53+,59+,63?,64+,65?,66-,67+,68-,69+,70+,71+,72-,73+,82-,88-/m0/s1. The van der Waals surface area contributed by atoms with Gasteiger partial charge in [0, 0.05) is 43.4 Å². The smallest absolute Gasteiger partial charge is 0.410 e. The van der Waals surface area contributed by atoms with Gasteiger partial charge < -0.3 is 117 Å². The van der Waals surface area contributed by atoms with Gasteiger partial charge in [0.25, 0.3) is 0 Å². The summed E-state index contributed by atoms with van der Waals surface area (Å²) in [6.45, 7) is 17.3. The average molecular weight is 1760 g/mol. The number of hydrogen-bond acceptors (Lipinski definition) is 25. The van der Waals surface area contributed by atoms with Crippen LogP contribution in [-0.2, 0) is 52.6 Å². The Bertz CT molecular complexity index is 4860. The summed E-state index contributed by atoms with van der Waals surface area (Å²) in [4.78, 5) is 165. The number of likely N-dealkylation sites (N-methyl/N-ethyl adjacent to an activating group) is 1. The Morgan fingerprint density at radius 1 is 0.656 bits per heavy atom. The lowest BCUT2D eigenvalue weighted by Crippen LogP contribution is -2.61. The van der Waals surface area contributed by atoms with E-state index in [4.69, 9.17) is 40.0 Å². The molecule has 4 saturated carbocycles. The molecule has 1 saturated heterocycles. The van der Waals surface area contributed by atoms with E-state index in [0.29, 0.717) is 24.7 Å². The number of rotatable bonds is 19. The fourth-order valence-corrected chi connectivity index (χ4v) is 18.1. The Morgan fingerprint density at radius 3 is 1.95 bits per heavy atom. The Balaban J connectivity index is 1.05. The van der Waals surface area contributed by atoms with E-state index >= 15 is 33.6 Å². The number of carbonyl (C=O) groups is 11. The summed E-state index contributed by atoms with van der Waals surface area (Å²) >= 11 is 7.70. The van der Waals surface area contributed by atoms with Crippen molar-refractivity contribution in [1.82, 2.24) is 58.1 Å². The summed E-state index contributed by atoms with van der Waals surface area (Å²) in [7, 11) is 1.28. The minimum Gasteiger partial charge on any atom is -0.508 e. The van der Waals surface area contributed by atoms with Gasteiger partial charge in [-0.15, -0.1) is 11.6 Å². The number of fused-ring (bicyclic) bond motifs is 19. The Hall–Kier alpha value is -11.0. The highest BCUT2D eigenvalue weighted by Crippen LogP contribution is 2.55. The van der Waals surface area contributed by atoms with Gasteiger partial charge in [-0.2, -0.15) is 0 Å². The maximum Gasteiger partial charge on any atom is 0.410 e. The van der Waals surface area contributed by atoms with Gasteiger partial charge in [0.1, 0.15) is 124 Å². The number of aromatic hydroxyl groups is 3. The van der Waals surface area contributed by atoms with Crippen LogP contribution in [0.15, 0.2) is 84.1 Å². The average Bonchev–Trinajstić information content (AvgIpc) is 1.70. The van der Waals surface area contributed by atoms with Crippen molar-refractivity contribution in [3.8, 4) is 51.4 Å². The van der Waals surface area contributed by atoms with Crippen LogP contribution in [0.5, 0.6) is 40.2 Å². The summed E-state index contributed by atoms with van der Waals surface area (Å²) in [5.74, 6) is -14.0. The number of ether oxygens (including phenoxy) is 6. The van der Waals surface area contributed by atoms with Crippen molar-refractivity contribution >= 4 is 77.1 Å². The van der Waals surface area contributed by atoms with Gasteiger partial charge in [0.15, 0.2) is 11.5 Å². The van der Waals surface area contributed by atoms with Crippen molar-refractivity contribution < 1.29 is 122 Å². The second-order valence-electron chi connectivity index (χ2n) is 36.3. The molecule has 0 spiro atoms. The van der Waals surface area contributed by atoms with Gasteiger partial charge in [-0.25, -0.2) is 14.4 Å². The molecule has 5 heterocycles. The highest BCUT2D eigenvalue weighted by molar-refractivity contribution is 6.28. The number of urea groups is 1. The van der Waals surface area contributed by atoms with Crippen LogP contribution in [0.2, 0.25) is 0 Å². The van der Waals surface area contributed by atoms with Crippen LogP contribution in [0.25, 0.3) is 11.1 Å². The van der Waals surface area contributed by atoms with E-state index in [2.05, 4.69) is 53.2 Å². The van der Waals surface area contributed by atoms with Crippen molar-refractivity contribution in [1.29, 1.82) is 0 Å². The van der Waals surface area contributed by atoms with Crippen molar-refractivity contribution in [2.45, 2.75) is 261 Å². The van der Waals surface area contributed by atoms with Crippen molar-refractivity contribution in [3.63, 3.8) is 0 Å². The van der Waals surface area contributed by atoms with Crippen molar-refractivity contribution in [2.75, 3.05) is 20.1 Å². The first-order valence-electron chi connectivity index (χ1n) is 42.4. The number of benzene rings is 4. The highest BCUT2D eigenvalue weighted by atomic mass is 35.5. The van der Waals surface area contributed by atoms with Crippen molar-refractivity contribution in [3.05, 3.63) is 112 Å². The molecule has 15 bridgehead atoms. The number of unbranched alkanes of at least 4 members (excludes halogenated alkanes) is 4. The third kappa shape index (κ3) is 21.4. The SMILES string of the molecule is CCCCCCCNC(=O)NC(=O)C[C@@H]1NC(=O)[C@H](NC(=O)[C@@H](CC(C)C)N(C)C(=O)OC(C)(C)C)[C@H](O)c2ccc(c(C)c2)Oc2cc3cc(c2O[C@@H]2O[C@H](CNC(=O)OC(C)(C)C)[C@@H](O)[C@H](O)[C@H]2O)OC2=CC=C([C@@H](O)[C@@H]4NC(=O)[C@H](NC(=O)C3NC1=O)c1ccc(O)c(c1)-c1c(O)cc(O)cc1[C@@H](C(=O)NC1C3CC5CC(C3)CC1C5)NC4=O)[C@]2(C)Cl. The molecule has 18 N–H and O–H groups in total. The number of nitrogens with zero attached hydrogens (tertiary/aromatic N) is 1. The lowest BCUT2D eigenvalue weighted by Gasteiger charge is -2.54. The van der Waals surface area contributed by atoms with E-state index in [1.165, 1.54) is 51.2 Å². The zero-order valence-corrected chi connectivity index (χ0v) is 72.5. The topological polar surface area (TPSA) is 529 Å². The van der Waals surface area contributed by atoms with Crippen LogP contribution in [0, 0.1) is 36.5 Å². The quantitative estimate of drug-likeness (QED) is 0.0381. The van der Waals surface area contributed by atoms with Gasteiger partial charge in [0.05, 0.1) is 6.42 Å². The first-order valence-corrected chi connectivity index (χ1v) is 42.7. The fourth-order valence-electron chi connectivity index (χ4n) is 17.8. The van der Waals surface area contributed by atoms with E-state index in [9.17, 15) is 60.0 Å². The first kappa shape index (κ1) is 93.1. The molecule has 10 aliphatic rings. The largest absolute Gasteiger partial charge is 0.508 e. The Morgan fingerprint density at radius 2 is 1.30 bits per heavy atom.